The Balaban J connectivity index is 2.28. The molecule has 0 aliphatic rings. The van der Waals surface area contributed by atoms with Gasteiger partial charge >= 0.3 is 12.1 Å². The molecular formula is C20H21F3N2O6Si. The molecule has 12 heteroatoms. The van der Waals surface area contributed by atoms with Crippen molar-refractivity contribution in [3.63, 3.8) is 0 Å². The monoisotopic (exact) mass is 470 g/mol. The largest absolute Gasteiger partial charge is 0.459 e. The molecule has 2 rings (SSSR count). The molecule has 0 amide bonds. The van der Waals surface area contributed by atoms with Gasteiger partial charge in [0.05, 0.1) is 41.2 Å². The van der Waals surface area contributed by atoms with Crippen molar-refractivity contribution in [2.75, 3.05) is 0 Å². The van der Waals surface area contributed by atoms with Crippen LogP contribution in [-0.2, 0) is 10.9 Å². The number of carbonyl (C=O) groups excluding carboxylic acids is 1. The van der Waals surface area contributed by atoms with E-state index >= 15 is 0 Å². The van der Waals surface area contributed by atoms with E-state index in [-0.39, 0.29) is 11.1 Å². The third-order valence-corrected chi connectivity index (χ3v) is 10.2. The number of nitro benzene ring substituents is 2. The van der Waals surface area contributed by atoms with Crippen molar-refractivity contribution < 1.29 is 32.5 Å². The number of nitro groups is 2. The van der Waals surface area contributed by atoms with Crippen molar-refractivity contribution >= 4 is 30.6 Å². The van der Waals surface area contributed by atoms with Gasteiger partial charge < -0.3 is 4.74 Å². The summed E-state index contributed by atoms with van der Waals surface area (Å²) >= 11 is 0. The smallest absolute Gasteiger partial charge is 0.416 e. The lowest BCUT2D eigenvalue weighted by Crippen LogP contribution is -2.49. The third kappa shape index (κ3) is 5.49. The number of alkyl halides is 3. The van der Waals surface area contributed by atoms with Gasteiger partial charge in [0.15, 0.2) is 0 Å². The minimum atomic E-state index is -4.49. The molecule has 0 saturated heterocycles. The molecule has 0 spiro atoms. The predicted octanol–water partition coefficient (Wildman–Crippen LogP) is 5.07. The van der Waals surface area contributed by atoms with Crippen LogP contribution < -0.4 is 5.19 Å². The van der Waals surface area contributed by atoms with Crippen molar-refractivity contribution in [3.05, 3.63) is 73.8 Å². The molecule has 0 aliphatic carbocycles. The number of hydrogen-bond acceptors (Lipinski definition) is 6. The number of rotatable bonds is 7. The molecule has 0 aromatic heterocycles. The lowest BCUT2D eigenvalue weighted by Gasteiger charge is -2.34. The Morgan fingerprint density at radius 2 is 1.53 bits per heavy atom. The summed E-state index contributed by atoms with van der Waals surface area (Å²) in [5.74, 6) is -0.995. The number of nitrogens with zero attached hydrogens (tertiary/aromatic N) is 2. The summed E-state index contributed by atoms with van der Waals surface area (Å²) in [4.78, 5) is 32.9. The van der Waals surface area contributed by atoms with Gasteiger partial charge in [-0.05, 0) is 12.5 Å². The molecule has 0 bridgehead atoms. The van der Waals surface area contributed by atoms with Gasteiger partial charge in [-0.25, -0.2) is 4.79 Å². The average Bonchev–Trinajstić information content (AvgIpc) is 2.72. The molecule has 172 valence electrons. The molecule has 0 saturated carbocycles. The maximum atomic E-state index is 13.1. The molecule has 2 atom stereocenters. The SMILES string of the molecule is C[C@H](OC(=O)c1cc([N+](=O)[O-])cc([N+](=O)[O-])c1)[C@H](C)[Si](C)(C)c1cccc(C(F)(F)F)c1. The van der Waals surface area contributed by atoms with Crippen LogP contribution >= 0.6 is 0 Å². The van der Waals surface area contributed by atoms with Crippen LogP contribution in [-0.4, -0.2) is 30.0 Å². The zero-order valence-electron chi connectivity index (χ0n) is 17.7. The summed E-state index contributed by atoms with van der Waals surface area (Å²) in [5.41, 5.74) is -2.74. The van der Waals surface area contributed by atoms with Crippen LogP contribution in [0.2, 0.25) is 18.6 Å². The quantitative estimate of drug-likeness (QED) is 0.242. The van der Waals surface area contributed by atoms with E-state index in [4.69, 9.17) is 4.74 Å². The van der Waals surface area contributed by atoms with Crippen LogP contribution in [0.15, 0.2) is 42.5 Å². The number of hydrogen-bond donors (Lipinski definition) is 0. The Labute approximate surface area is 182 Å². The highest BCUT2D eigenvalue weighted by atomic mass is 28.3. The Hall–Kier alpha value is -3.28. The molecule has 2 aromatic carbocycles. The van der Waals surface area contributed by atoms with E-state index in [1.165, 1.54) is 6.07 Å². The highest BCUT2D eigenvalue weighted by Gasteiger charge is 2.38. The van der Waals surface area contributed by atoms with Gasteiger partial charge in [-0.15, -0.1) is 0 Å². The second kappa shape index (κ2) is 9.07. The predicted molar refractivity (Wildman–Crippen MR) is 113 cm³/mol. The van der Waals surface area contributed by atoms with Crippen molar-refractivity contribution in [3.8, 4) is 0 Å². The number of esters is 1. The molecule has 8 nitrogen and oxygen atoms in total. The third-order valence-electron chi connectivity index (χ3n) is 5.63. The van der Waals surface area contributed by atoms with Crippen LogP contribution in [0.1, 0.15) is 29.8 Å². The molecule has 0 aliphatic heterocycles. The molecule has 0 radical (unpaired) electrons. The number of non-ortho nitro benzene ring substituents is 2. The fourth-order valence-corrected chi connectivity index (χ4v) is 6.03. The first-order valence-corrected chi connectivity index (χ1v) is 12.5. The van der Waals surface area contributed by atoms with Gasteiger partial charge in [0.1, 0.15) is 0 Å². The minimum Gasteiger partial charge on any atom is -0.459 e. The van der Waals surface area contributed by atoms with Crippen LogP contribution in [0.3, 0.4) is 0 Å². The number of benzene rings is 2. The van der Waals surface area contributed by atoms with E-state index in [0.29, 0.717) is 5.19 Å². The molecule has 0 heterocycles. The van der Waals surface area contributed by atoms with Crippen LogP contribution in [0.4, 0.5) is 24.5 Å². The zero-order chi connectivity index (χ0) is 24.4. The van der Waals surface area contributed by atoms with Crippen molar-refractivity contribution in [1.82, 2.24) is 0 Å². The van der Waals surface area contributed by atoms with E-state index in [0.717, 1.165) is 30.3 Å². The van der Waals surface area contributed by atoms with Gasteiger partial charge in [-0.1, -0.05) is 49.5 Å². The van der Waals surface area contributed by atoms with E-state index in [1.807, 2.05) is 13.1 Å². The molecule has 32 heavy (non-hydrogen) atoms. The Morgan fingerprint density at radius 1 is 1.00 bits per heavy atom. The second-order valence-corrected chi connectivity index (χ2v) is 12.9. The van der Waals surface area contributed by atoms with Gasteiger partial charge in [-0.2, -0.15) is 13.2 Å². The van der Waals surface area contributed by atoms with Crippen LogP contribution in [0.25, 0.3) is 0 Å². The first-order valence-electron chi connectivity index (χ1n) is 9.47. The average molecular weight is 470 g/mol. The summed E-state index contributed by atoms with van der Waals surface area (Å²) in [6, 6.07) is 7.50. The summed E-state index contributed by atoms with van der Waals surface area (Å²) < 4.78 is 44.7. The lowest BCUT2D eigenvalue weighted by molar-refractivity contribution is -0.394. The fourth-order valence-electron chi connectivity index (χ4n) is 3.21. The first-order chi connectivity index (χ1) is 14.6. The summed E-state index contributed by atoms with van der Waals surface area (Å²) in [6.45, 7) is 7.00. The Morgan fingerprint density at radius 3 is 2.00 bits per heavy atom. The molecular weight excluding hydrogens is 449 g/mol. The highest BCUT2D eigenvalue weighted by molar-refractivity contribution is 6.91. The van der Waals surface area contributed by atoms with Gasteiger partial charge in [0.25, 0.3) is 11.4 Å². The highest BCUT2D eigenvalue weighted by Crippen LogP contribution is 2.32. The van der Waals surface area contributed by atoms with E-state index in [1.54, 1.807) is 19.9 Å². The Bertz CT molecular complexity index is 1030. The Kier molecular flexibility index (Phi) is 7.08. The van der Waals surface area contributed by atoms with Crippen molar-refractivity contribution in [1.29, 1.82) is 0 Å². The van der Waals surface area contributed by atoms with Gasteiger partial charge in [0, 0.05) is 12.1 Å². The van der Waals surface area contributed by atoms with E-state index in [9.17, 15) is 38.2 Å². The van der Waals surface area contributed by atoms with Crippen LogP contribution in [0, 0.1) is 20.2 Å². The zero-order valence-corrected chi connectivity index (χ0v) is 18.7. The molecule has 0 unspecified atom stereocenters. The van der Waals surface area contributed by atoms with E-state index < -0.39 is 53.1 Å². The maximum absolute atomic E-state index is 13.1. The molecule has 2 aromatic rings. The standard InChI is InChI=1S/C20H21F3N2O6Si/c1-12(13(2)32(3,4)18-7-5-6-15(10-18)20(21,22)23)31-19(26)14-8-16(24(27)28)11-17(9-14)25(29)30/h5-13H,1-4H3/t12-,13-/m0/s1. The number of halogens is 3. The second-order valence-electron chi connectivity index (χ2n) is 7.95. The van der Waals surface area contributed by atoms with Crippen molar-refractivity contribution in [2.24, 2.45) is 0 Å². The summed E-state index contributed by atoms with van der Waals surface area (Å²) in [6.07, 6.45) is -5.25. The fraction of sp³-hybridized carbons (Fsp3) is 0.350. The van der Waals surface area contributed by atoms with Gasteiger partial charge in [0.2, 0.25) is 0 Å². The maximum Gasteiger partial charge on any atom is 0.416 e. The summed E-state index contributed by atoms with van der Waals surface area (Å²) in [7, 11) is -2.58. The van der Waals surface area contributed by atoms with Crippen LogP contribution in [0.5, 0.6) is 0 Å². The normalized spacial score (nSPS) is 13.8. The lowest BCUT2D eigenvalue weighted by atomic mass is 10.1. The molecule has 0 fully saturated rings. The molecule has 0 N–H and O–H groups in total. The first kappa shape index (κ1) is 25.0. The van der Waals surface area contributed by atoms with Gasteiger partial charge in [-0.3, -0.25) is 20.2 Å². The summed E-state index contributed by atoms with van der Waals surface area (Å²) in [5, 5.41) is 22.6. The number of carbonyl (C=O) groups is 1. The minimum absolute atomic E-state index is 0.344. The van der Waals surface area contributed by atoms with Crippen molar-refractivity contribution in [2.45, 2.75) is 44.8 Å². The topological polar surface area (TPSA) is 113 Å². The number of ether oxygens (including phenoxy) is 1. The van der Waals surface area contributed by atoms with E-state index in [2.05, 4.69) is 0 Å².